The fraction of sp³-hybridized carbons (Fsp3) is 0.562. The van der Waals surface area contributed by atoms with Crippen LogP contribution in [0.5, 0.6) is 0 Å². The molecule has 2 unspecified atom stereocenters. The number of carbonyl (C=O) groups excluding carboxylic acids is 1. The standard InChI is InChI=1S/C16H22ClN3O/c1-11-9-19-8-3-2-5-12(19)10-20(11)16(21)13-6-4-7-14(17)15(13)18/h4,6-7,11-12H,2-3,5,8-10,18H2,1H3. The van der Waals surface area contributed by atoms with Crippen LogP contribution < -0.4 is 5.73 Å². The molecule has 4 nitrogen and oxygen atoms in total. The van der Waals surface area contributed by atoms with E-state index in [2.05, 4.69) is 11.8 Å². The predicted octanol–water partition coefficient (Wildman–Crippen LogP) is 2.62. The van der Waals surface area contributed by atoms with E-state index in [1.807, 2.05) is 4.90 Å². The van der Waals surface area contributed by atoms with Gasteiger partial charge in [0.25, 0.3) is 5.91 Å². The molecular weight excluding hydrogens is 286 g/mol. The summed E-state index contributed by atoms with van der Waals surface area (Å²) in [5.41, 5.74) is 6.90. The number of fused-ring (bicyclic) bond motifs is 1. The Labute approximate surface area is 130 Å². The molecule has 0 radical (unpaired) electrons. The summed E-state index contributed by atoms with van der Waals surface area (Å²) in [4.78, 5) is 17.3. The van der Waals surface area contributed by atoms with Gasteiger partial charge in [-0.05, 0) is 38.4 Å². The molecule has 1 amide bonds. The van der Waals surface area contributed by atoms with Crippen molar-refractivity contribution >= 4 is 23.2 Å². The van der Waals surface area contributed by atoms with Crippen molar-refractivity contribution < 1.29 is 4.79 Å². The van der Waals surface area contributed by atoms with Crippen molar-refractivity contribution in [3.63, 3.8) is 0 Å². The molecule has 2 heterocycles. The fourth-order valence-electron chi connectivity index (χ4n) is 3.51. The Balaban J connectivity index is 1.82. The molecule has 0 bridgehead atoms. The molecule has 2 fully saturated rings. The Bertz CT molecular complexity index is 548. The van der Waals surface area contributed by atoms with Gasteiger partial charge >= 0.3 is 0 Å². The van der Waals surface area contributed by atoms with Crippen LogP contribution in [-0.2, 0) is 0 Å². The largest absolute Gasteiger partial charge is 0.397 e. The number of carbonyl (C=O) groups is 1. The van der Waals surface area contributed by atoms with Crippen LogP contribution in [0.25, 0.3) is 0 Å². The maximum absolute atomic E-state index is 12.8. The molecule has 114 valence electrons. The van der Waals surface area contributed by atoms with Gasteiger partial charge in [-0.3, -0.25) is 9.69 Å². The fourth-order valence-corrected chi connectivity index (χ4v) is 3.69. The maximum Gasteiger partial charge on any atom is 0.256 e. The summed E-state index contributed by atoms with van der Waals surface area (Å²) in [6.07, 6.45) is 3.72. The molecule has 0 aromatic heterocycles. The lowest BCUT2D eigenvalue weighted by molar-refractivity contribution is 0.0152. The summed E-state index contributed by atoms with van der Waals surface area (Å²) in [6, 6.07) is 5.98. The lowest BCUT2D eigenvalue weighted by atomic mass is 9.96. The zero-order valence-electron chi connectivity index (χ0n) is 12.4. The number of amides is 1. The number of benzene rings is 1. The second-order valence-electron chi connectivity index (χ2n) is 6.15. The van der Waals surface area contributed by atoms with Gasteiger partial charge in [-0.2, -0.15) is 0 Å². The first-order chi connectivity index (χ1) is 10.1. The molecule has 0 spiro atoms. The van der Waals surface area contributed by atoms with E-state index in [0.29, 0.717) is 22.3 Å². The van der Waals surface area contributed by atoms with Gasteiger partial charge in [0.2, 0.25) is 0 Å². The van der Waals surface area contributed by atoms with Crippen LogP contribution in [0.15, 0.2) is 18.2 Å². The number of nitrogen functional groups attached to an aromatic ring is 1. The van der Waals surface area contributed by atoms with E-state index in [-0.39, 0.29) is 11.9 Å². The summed E-state index contributed by atoms with van der Waals surface area (Å²) < 4.78 is 0. The monoisotopic (exact) mass is 307 g/mol. The minimum absolute atomic E-state index is 0.00715. The molecule has 2 atom stereocenters. The van der Waals surface area contributed by atoms with E-state index in [1.165, 1.54) is 19.3 Å². The van der Waals surface area contributed by atoms with Crippen LogP contribution in [0.3, 0.4) is 0 Å². The number of halogens is 1. The molecule has 2 saturated heterocycles. The average molecular weight is 308 g/mol. The van der Waals surface area contributed by atoms with Gasteiger partial charge in [-0.25, -0.2) is 0 Å². The number of piperazine rings is 1. The molecule has 2 aliphatic heterocycles. The summed E-state index contributed by atoms with van der Waals surface area (Å²) >= 11 is 6.04. The molecule has 21 heavy (non-hydrogen) atoms. The highest BCUT2D eigenvalue weighted by Crippen LogP contribution is 2.28. The van der Waals surface area contributed by atoms with E-state index in [1.54, 1.807) is 18.2 Å². The van der Waals surface area contributed by atoms with E-state index in [4.69, 9.17) is 17.3 Å². The van der Waals surface area contributed by atoms with Gasteiger partial charge in [0.1, 0.15) is 0 Å². The van der Waals surface area contributed by atoms with Crippen LogP contribution in [0.2, 0.25) is 5.02 Å². The lowest BCUT2D eigenvalue weighted by Crippen LogP contribution is -2.60. The molecule has 0 saturated carbocycles. The molecule has 2 N–H and O–H groups in total. The lowest BCUT2D eigenvalue weighted by Gasteiger charge is -2.47. The van der Waals surface area contributed by atoms with Crippen molar-refractivity contribution in [2.24, 2.45) is 0 Å². The van der Waals surface area contributed by atoms with Crippen molar-refractivity contribution in [2.45, 2.75) is 38.3 Å². The number of nitrogens with zero attached hydrogens (tertiary/aromatic N) is 2. The number of piperidine rings is 1. The summed E-state index contributed by atoms with van der Waals surface area (Å²) in [5, 5.41) is 0.449. The number of hydrogen-bond acceptors (Lipinski definition) is 3. The van der Waals surface area contributed by atoms with Crippen molar-refractivity contribution in [1.29, 1.82) is 0 Å². The summed E-state index contributed by atoms with van der Waals surface area (Å²) in [5.74, 6) is 0.00715. The Morgan fingerprint density at radius 3 is 2.95 bits per heavy atom. The minimum Gasteiger partial charge on any atom is -0.397 e. The summed E-state index contributed by atoms with van der Waals surface area (Å²) in [7, 11) is 0. The molecular formula is C16H22ClN3O. The predicted molar refractivity (Wildman–Crippen MR) is 85.6 cm³/mol. The third kappa shape index (κ3) is 2.74. The highest BCUT2D eigenvalue weighted by molar-refractivity contribution is 6.33. The molecule has 0 aliphatic carbocycles. The van der Waals surface area contributed by atoms with E-state index < -0.39 is 0 Å². The molecule has 1 aromatic rings. The first-order valence-corrected chi connectivity index (χ1v) is 8.04. The van der Waals surface area contributed by atoms with Crippen molar-refractivity contribution in [3.8, 4) is 0 Å². The van der Waals surface area contributed by atoms with E-state index >= 15 is 0 Å². The smallest absolute Gasteiger partial charge is 0.256 e. The SMILES string of the molecule is CC1CN2CCCCC2CN1C(=O)c1cccc(Cl)c1N. The molecule has 5 heteroatoms. The Hall–Kier alpha value is -1.26. The van der Waals surface area contributed by atoms with Crippen molar-refractivity contribution in [2.75, 3.05) is 25.4 Å². The van der Waals surface area contributed by atoms with Crippen molar-refractivity contribution in [3.05, 3.63) is 28.8 Å². The Morgan fingerprint density at radius 1 is 1.33 bits per heavy atom. The van der Waals surface area contributed by atoms with Crippen LogP contribution in [0.1, 0.15) is 36.5 Å². The topological polar surface area (TPSA) is 49.6 Å². The van der Waals surface area contributed by atoms with Gasteiger partial charge in [0, 0.05) is 25.2 Å². The van der Waals surface area contributed by atoms with Crippen molar-refractivity contribution in [1.82, 2.24) is 9.80 Å². The van der Waals surface area contributed by atoms with Gasteiger partial charge in [-0.1, -0.05) is 24.1 Å². The Morgan fingerprint density at radius 2 is 2.14 bits per heavy atom. The van der Waals surface area contributed by atoms with Gasteiger partial charge in [0.15, 0.2) is 0 Å². The number of anilines is 1. The highest BCUT2D eigenvalue weighted by atomic mass is 35.5. The van der Waals surface area contributed by atoms with Gasteiger partial charge < -0.3 is 10.6 Å². The van der Waals surface area contributed by atoms with Crippen LogP contribution in [-0.4, -0.2) is 47.4 Å². The second-order valence-corrected chi connectivity index (χ2v) is 6.56. The first kappa shape index (κ1) is 14.7. The van der Waals surface area contributed by atoms with Crippen LogP contribution in [0, 0.1) is 0 Å². The van der Waals surface area contributed by atoms with Gasteiger partial charge in [-0.15, -0.1) is 0 Å². The quantitative estimate of drug-likeness (QED) is 0.811. The molecule has 2 aliphatic rings. The van der Waals surface area contributed by atoms with Gasteiger partial charge in [0.05, 0.1) is 16.3 Å². The number of nitrogens with two attached hydrogens (primary N) is 1. The normalized spacial score (nSPS) is 26.5. The highest BCUT2D eigenvalue weighted by Gasteiger charge is 2.35. The average Bonchev–Trinajstić information content (AvgIpc) is 2.48. The van der Waals surface area contributed by atoms with Crippen LogP contribution >= 0.6 is 11.6 Å². The summed E-state index contributed by atoms with van der Waals surface area (Å²) in [6.45, 7) is 5.03. The third-order valence-electron chi connectivity index (χ3n) is 4.73. The molecule has 3 rings (SSSR count). The first-order valence-electron chi connectivity index (χ1n) is 7.67. The number of para-hydroxylation sites is 1. The Kier molecular flexibility index (Phi) is 4.09. The third-order valence-corrected chi connectivity index (χ3v) is 5.06. The number of hydrogen-bond donors (Lipinski definition) is 1. The zero-order valence-corrected chi connectivity index (χ0v) is 13.1. The number of rotatable bonds is 1. The second kappa shape index (κ2) is 5.85. The van der Waals surface area contributed by atoms with E-state index in [9.17, 15) is 4.79 Å². The zero-order chi connectivity index (χ0) is 15.0. The molecule has 1 aromatic carbocycles. The maximum atomic E-state index is 12.8. The minimum atomic E-state index is 0.00715. The van der Waals surface area contributed by atoms with Crippen LogP contribution in [0.4, 0.5) is 5.69 Å². The van der Waals surface area contributed by atoms with E-state index in [0.717, 1.165) is 19.6 Å².